The summed E-state index contributed by atoms with van der Waals surface area (Å²) < 4.78 is 0. The number of urea groups is 1. The molecular weight excluding hydrogens is 344 g/mol. The first-order valence-electron chi connectivity index (χ1n) is 9.63. The van der Waals surface area contributed by atoms with Crippen LogP contribution in [0.5, 0.6) is 0 Å². The van der Waals surface area contributed by atoms with Crippen molar-refractivity contribution in [2.45, 2.75) is 32.9 Å². The van der Waals surface area contributed by atoms with Gasteiger partial charge in [0.25, 0.3) is 5.91 Å². The zero-order chi connectivity index (χ0) is 19.8. The maximum absolute atomic E-state index is 12.6. The maximum atomic E-state index is 12.6. The van der Waals surface area contributed by atoms with Crippen LogP contribution in [-0.2, 0) is 6.54 Å². The minimum absolute atomic E-state index is 0.104. The molecule has 1 aromatic carbocycles. The van der Waals surface area contributed by atoms with E-state index in [0.717, 1.165) is 18.7 Å². The molecule has 7 nitrogen and oxygen atoms in total. The number of carbonyl (C=O) groups excluding carboxylic acids is 2. The lowest BCUT2D eigenvalue weighted by molar-refractivity contribution is 0.0654. The molecule has 0 saturated carbocycles. The average Bonchev–Trinajstić information content (AvgIpc) is 2.66. The summed E-state index contributed by atoms with van der Waals surface area (Å²) in [6.07, 6.45) is 0.671. The Kier molecular flexibility index (Phi) is 8.06. The lowest BCUT2D eigenvalue weighted by Gasteiger charge is -2.42. The van der Waals surface area contributed by atoms with E-state index in [1.165, 1.54) is 0 Å². The van der Waals surface area contributed by atoms with Gasteiger partial charge in [0, 0.05) is 58.0 Å². The van der Waals surface area contributed by atoms with Crippen LogP contribution in [0.2, 0.25) is 0 Å². The Hall–Kier alpha value is -2.12. The smallest absolute Gasteiger partial charge is 0.317 e. The van der Waals surface area contributed by atoms with E-state index in [4.69, 9.17) is 0 Å². The van der Waals surface area contributed by atoms with Crippen molar-refractivity contribution in [3.8, 4) is 0 Å². The van der Waals surface area contributed by atoms with E-state index >= 15 is 0 Å². The fourth-order valence-corrected chi connectivity index (χ4v) is 3.47. The largest absolute Gasteiger partial charge is 0.396 e. The molecule has 0 radical (unpaired) electrons. The van der Waals surface area contributed by atoms with Gasteiger partial charge in [0.05, 0.1) is 0 Å². The number of rotatable bonds is 7. The van der Waals surface area contributed by atoms with E-state index < -0.39 is 0 Å². The van der Waals surface area contributed by atoms with Gasteiger partial charge in [0.1, 0.15) is 0 Å². The van der Waals surface area contributed by atoms with Gasteiger partial charge in [-0.2, -0.15) is 0 Å². The second-order valence-corrected chi connectivity index (χ2v) is 7.44. The van der Waals surface area contributed by atoms with Gasteiger partial charge in [0.2, 0.25) is 0 Å². The Morgan fingerprint density at radius 3 is 2.74 bits per heavy atom. The fraction of sp³-hybridized carbons (Fsp3) is 0.600. The summed E-state index contributed by atoms with van der Waals surface area (Å²) in [5, 5.41) is 14.9. The number of hydrogen-bond donors (Lipinski definition) is 3. The molecule has 1 aliphatic rings. The number of nitrogens with zero attached hydrogens (tertiary/aromatic N) is 2. The molecular formula is C20H32N4O3. The predicted molar refractivity (Wildman–Crippen MR) is 106 cm³/mol. The Labute approximate surface area is 161 Å². The first-order valence-corrected chi connectivity index (χ1v) is 9.63. The van der Waals surface area contributed by atoms with Gasteiger partial charge in [-0.25, -0.2) is 4.79 Å². The van der Waals surface area contributed by atoms with Gasteiger partial charge in [-0.05, 0) is 30.0 Å². The predicted octanol–water partition coefficient (Wildman–Crippen LogP) is 1.28. The summed E-state index contributed by atoms with van der Waals surface area (Å²) in [6.45, 7) is 7.97. The molecule has 0 spiro atoms. The van der Waals surface area contributed by atoms with Crippen LogP contribution in [0.3, 0.4) is 0 Å². The molecule has 0 aromatic heterocycles. The summed E-state index contributed by atoms with van der Waals surface area (Å²) in [7, 11) is 1.60. The van der Waals surface area contributed by atoms with Crippen molar-refractivity contribution in [1.82, 2.24) is 20.4 Å². The molecule has 0 unspecified atom stereocenters. The number of hydrogen-bond acceptors (Lipinski definition) is 4. The molecule has 27 heavy (non-hydrogen) atoms. The normalized spacial score (nSPS) is 17.8. The average molecular weight is 377 g/mol. The number of benzene rings is 1. The fourth-order valence-electron chi connectivity index (χ4n) is 3.47. The highest BCUT2D eigenvalue weighted by Crippen LogP contribution is 2.15. The van der Waals surface area contributed by atoms with Gasteiger partial charge in [-0.3, -0.25) is 9.69 Å². The van der Waals surface area contributed by atoms with Crippen LogP contribution < -0.4 is 10.6 Å². The zero-order valence-corrected chi connectivity index (χ0v) is 16.6. The summed E-state index contributed by atoms with van der Waals surface area (Å²) >= 11 is 0. The summed E-state index contributed by atoms with van der Waals surface area (Å²) in [5.74, 6) is 0.412. The van der Waals surface area contributed by atoms with Crippen molar-refractivity contribution in [3.05, 3.63) is 35.4 Å². The third kappa shape index (κ3) is 6.22. The Morgan fingerprint density at radius 1 is 1.30 bits per heavy atom. The van der Waals surface area contributed by atoms with Gasteiger partial charge >= 0.3 is 6.03 Å². The SMILES string of the molecule is CNC(=O)c1cccc(CNC(=O)N2CCN(CC(C)C)[C@@H](CCO)C2)c1. The molecule has 2 rings (SSSR count). The summed E-state index contributed by atoms with van der Waals surface area (Å²) in [6, 6.07) is 7.32. The highest BCUT2D eigenvalue weighted by atomic mass is 16.3. The molecule has 150 valence electrons. The standard InChI is InChI=1S/C20H32N4O3/c1-15(2)13-23-8-9-24(14-18(23)7-10-25)20(27)22-12-16-5-4-6-17(11-16)19(26)21-3/h4-6,11,15,18,25H,7-10,12-14H2,1-3H3,(H,21,26)(H,22,27)/t18-/m0/s1. The quantitative estimate of drug-likeness (QED) is 0.669. The third-order valence-electron chi connectivity index (χ3n) is 4.81. The van der Waals surface area contributed by atoms with Gasteiger partial charge in [-0.15, -0.1) is 0 Å². The zero-order valence-electron chi connectivity index (χ0n) is 16.6. The van der Waals surface area contributed by atoms with Crippen molar-refractivity contribution in [2.24, 2.45) is 5.92 Å². The lowest BCUT2D eigenvalue weighted by Crippen LogP contribution is -2.57. The van der Waals surface area contributed by atoms with E-state index in [-0.39, 0.29) is 24.6 Å². The van der Waals surface area contributed by atoms with E-state index in [1.54, 1.807) is 19.2 Å². The van der Waals surface area contributed by atoms with Crippen molar-refractivity contribution in [3.63, 3.8) is 0 Å². The molecule has 1 atom stereocenters. The van der Waals surface area contributed by atoms with Crippen molar-refractivity contribution in [2.75, 3.05) is 39.8 Å². The number of aliphatic hydroxyl groups excluding tert-OH is 1. The second kappa shape index (κ2) is 10.3. The van der Waals surface area contributed by atoms with Crippen LogP contribution in [0.1, 0.15) is 36.2 Å². The van der Waals surface area contributed by atoms with Crippen molar-refractivity contribution in [1.29, 1.82) is 0 Å². The van der Waals surface area contributed by atoms with Crippen LogP contribution in [0, 0.1) is 5.92 Å². The third-order valence-corrected chi connectivity index (χ3v) is 4.81. The lowest BCUT2D eigenvalue weighted by atomic mass is 10.1. The van der Waals surface area contributed by atoms with Crippen LogP contribution in [0.4, 0.5) is 4.79 Å². The van der Waals surface area contributed by atoms with Gasteiger partial charge < -0.3 is 20.6 Å². The number of carbonyl (C=O) groups is 2. The minimum atomic E-state index is -0.142. The molecule has 7 heteroatoms. The van der Waals surface area contributed by atoms with Gasteiger partial charge in [0.15, 0.2) is 0 Å². The Balaban J connectivity index is 1.91. The highest BCUT2D eigenvalue weighted by molar-refractivity contribution is 5.94. The topological polar surface area (TPSA) is 84.9 Å². The number of nitrogens with one attached hydrogen (secondary N) is 2. The van der Waals surface area contributed by atoms with E-state index in [0.29, 0.717) is 37.5 Å². The molecule has 1 aromatic rings. The maximum Gasteiger partial charge on any atom is 0.317 e. The number of aliphatic hydroxyl groups is 1. The molecule has 1 saturated heterocycles. The van der Waals surface area contributed by atoms with Crippen LogP contribution in [-0.4, -0.2) is 72.7 Å². The van der Waals surface area contributed by atoms with Crippen LogP contribution in [0.25, 0.3) is 0 Å². The van der Waals surface area contributed by atoms with Crippen LogP contribution >= 0.6 is 0 Å². The molecule has 1 fully saturated rings. The van der Waals surface area contributed by atoms with E-state index in [1.807, 2.05) is 17.0 Å². The molecule has 1 heterocycles. The molecule has 3 N–H and O–H groups in total. The molecule has 0 aliphatic carbocycles. The van der Waals surface area contributed by atoms with E-state index in [2.05, 4.69) is 29.4 Å². The number of piperazine rings is 1. The summed E-state index contributed by atoms with van der Waals surface area (Å²) in [4.78, 5) is 28.5. The molecule has 0 bridgehead atoms. The molecule has 1 aliphatic heterocycles. The molecule has 3 amide bonds. The Bertz CT molecular complexity index is 635. The summed E-state index contributed by atoms with van der Waals surface area (Å²) in [5.41, 5.74) is 1.46. The monoisotopic (exact) mass is 376 g/mol. The Morgan fingerprint density at radius 2 is 2.07 bits per heavy atom. The van der Waals surface area contributed by atoms with E-state index in [9.17, 15) is 14.7 Å². The number of amides is 3. The van der Waals surface area contributed by atoms with Crippen molar-refractivity contribution >= 4 is 11.9 Å². The first kappa shape index (κ1) is 21.2. The second-order valence-electron chi connectivity index (χ2n) is 7.44. The van der Waals surface area contributed by atoms with Crippen molar-refractivity contribution < 1.29 is 14.7 Å². The highest BCUT2D eigenvalue weighted by Gasteiger charge is 2.29. The first-order chi connectivity index (χ1) is 12.9. The minimum Gasteiger partial charge on any atom is -0.396 e. The van der Waals surface area contributed by atoms with Crippen LogP contribution in [0.15, 0.2) is 24.3 Å². The van der Waals surface area contributed by atoms with Gasteiger partial charge in [-0.1, -0.05) is 26.0 Å².